The maximum atomic E-state index is 10.6. The van der Waals surface area contributed by atoms with Crippen LogP contribution in [0.3, 0.4) is 0 Å². The zero-order valence-electron chi connectivity index (χ0n) is 5.00. The van der Waals surface area contributed by atoms with E-state index >= 15 is 0 Å². The number of anilines is 1. The van der Waals surface area contributed by atoms with E-state index in [-0.39, 0.29) is 11.4 Å². The molecule has 0 saturated heterocycles. The number of amides is 1. The zero-order valence-corrected chi connectivity index (χ0v) is 5.00. The van der Waals surface area contributed by atoms with Gasteiger partial charge in [-0.15, -0.1) is 0 Å². The lowest BCUT2D eigenvalue weighted by Gasteiger charge is -1.92. The van der Waals surface area contributed by atoms with E-state index in [1.165, 1.54) is 17.8 Å². The van der Waals surface area contributed by atoms with Crippen LogP contribution in [0.5, 0.6) is 0 Å². The fourth-order valence-corrected chi connectivity index (χ4v) is 0.554. The lowest BCUT2D eigenvalue weighted by atomic mass is 10.4. The fourth-order valence-electron chi connectivity index (χ4n) is 0.554. The van der Waals surface area contributed by atoms with Gasteiger partial charge in [-0.25, -0.2) is 5.48 Å². The van der Waals surface area contributed by atoms with Gasteiger partial charge in [0.1, 0.15) is 0 Å². The van der Waals surface area contributed by atoms with Gasteiger partial charge in [0.25, 0.3) is 0 Å². The first-order valence-electron chi connectivity index (χ1n) is 2.53. The van der Waals surface area contributed by atoms with Gasteiger partial charge < -0.3 is 10.2 Å². The van der Waals surface area contributed by atoms with E-state index < -0.39 is 5.91 Å². The van der Waals surface area contributed by atoms with Crippen molar-refractivity contribution in [1.29, 1.82) is 0 Å². The molecule has 4 N–H and O–H groups in total. The van der Waals surface area contributed by atoms with Crippen molar-refractivity contribution in [3.05, 3.63) is 18.1 Å². The maximum Gasteiger partial charge on any atom is 0.312 e. The molecule has 54 valence electrons. The number of nitrogen functional groups attached to an aromatic ring is 1. The van der Waals surface area contributed by atoms with Crippen LogP contribution >= 0.6 is 0 Å². The standard InChI is InChI=1S/C5H6N2O3/c6-3-1-2-10-4(3)5(8)7-9/h1-2,9H,6H2,(H,7,8). The van der Waals surface area contributed by atoms with Gasteiger partial charge in [-0.3, -0.25) is 10.0 Å². The summed E-state index contributed by atoms with van der Waals surface area (Å²) in [6.45, 7) is 0. The van der Waals surface area contributed by atoms with Crippen LogP contribution in [0.2, 0.25) is 0 Å². The van der Waals surface area contributed by atoms with Gasteiger partial charge in [0, 0.05) is 6.07 Å². The van der Waals surface area contributed by atoms with E-state index in [4.69, 9.17) is 10.9 Å². The largest absolute Gasteiger partial charge is 0.457 e. The molecular weight excluding hydrogens is 136 g/mol. The zero-order chi connectivity index (χ0) is 7.56. The molecule has 5 heteroatoms. The summed E-state index contributed by atoms with van der Waals surface area (Å²) in [5.74, 6) is -0.829. The van der Waals surface area contributed by atoms with Gasteiger partial charge in [-0.05, 0) is 0 Å². The normalized spacial score (nSPS) is 9.30. The van der Waals surface area contributed by atoms with Gasteiger partial charge in [0.15, 0.2) is 0 Å². The van der Waals surface area contributed by atoms with E-state index in [9.17, 15) is 4.79 Å². The molecule has 1 aromatic rings. The first-order valence-corrected chi connectivity index (χ1v) is 2.53. The Bertz CT molecular complexity index is 243. The van der Waals surface area contributed by atoms with Gasteiger partial charge in [-0.2, -0.15) is 0 Å². The highest BCUT2D eigenvalue weighted by atomic mass is 16.5. The molecule has 1 heterocycles. The van der Waals surface area contributed by atoms with Gasteiger partial charge in [0.05, 0.1) is 12.0 Å². The molecule has 0 radical (unpaired) electrons. The highest BCUT2D eigenvalue weighted by Crippen LogP contribution is 2.10. The smallest absolute Gasteiger partial charge is 0.312 e. The lowest BCUT2D eigenvalue weighted by molar-refractivity contribution is 0.0677. The van der Waals surface area contributed by atoms with Crippen LogP contribution in [-0.4, -0.2) is 11.1 Å². The van der Waals surface area contributed by atoms with Crippen LogP contribution in [0.4, 0.5) is 5.69 Å². The molecule has 0 bridgehead atoms. The van der Waals surface area contributed by atoms with Crippen molar-refractivity contribution < 1.29 is 14.4 Å². The van der Waals surface area contributed by atoms with Crippen molar-refractivity contribution in [2.24, 2.45) is 0 Å². The molecule has 0 spiro atoms. The summed E-state index contributed by atoms with van der Waals surface area (Å²) in [6, 6.07) is 1.42. The predicted molar refractivity (Wildman–Crippen MR) is 32.4 cm³/mol. The topological polar surface area (TPSA) is 88.5 Å². The molecule has 0 aliphatic heterocycles. The Hall–Kier alpha value is -1.49. The van der Waals surface area contributed by atoms with Crippen molar-refractivity contribution in [2.45, 2.75) is 0 Å². The van der Waals surface area contributed by atoms with Crippen LogP contribution in [0.1, 0.15) is 10.6 Å². The van der Waals surface area contributed by atoms with Crippen molar-refractivity contribution in [1.82, 2.24) is 5.48 Å². The van der Waals surface area contributed by atoms with E-state index in [0.717, 1.165) is 0 Å². The average molecular weight is 142 g/mol. The lowest BCUT2D eigenvalue weighted by Crippen LogP contribution is -2.18. The quantitative estimate of drug-likeness (QED) is 0.379. The molecule has 1 aromatic heterocycles. The van der Waals surface area contributed by atoms with E-state index in [2.05, 4.69) is 4.42 Å². The molecule has 10 heavy (non-hydrogen) atoms. The van der Waals surface area contributed by atoms with E-state index in [0.29, 0.717) is 0 Å². The number of hydrogen-bond donors (Lipinski definition) is 3. The number of nitrogens with two attached hydrogens (primary N) is 1. The fraction of sp³-hybridized carbons (Fsp3) is 0. The Kier molecular flexibility index (Phi) is 1.59. The van der Waals surface area contributed by atoms with Crippen LogP contribution in [-0.2, 0) is 0 Å². The summed E-state index contributed by atoms with van der Waals surface area (Å²) in [7, 11) is 0. The molecule has 5 nitrogen and oxygen atoms in total. The summed E-state index contributed by atoms with van der Waals surface area (Å²) in [6.07, 6.45) is 1.26. The third-order valence-corrected chi connectivity index (χ3v) is 1.00. The molecule has 1 rings (SSSR count). The third-order valence-electron chi connectivity index (χ3n) is 1.00. The Morgan fingerprint density at radius 1 is 1.80 bits per heavy atom. The molecule has 1 amide bonds. The number of carbonyl (C=O) groups excluding carboxylic acids is 1. The first-order chi connectivity index (χ1) is 4.75. The van der Waals surface area contributed by atoms with Crippen LogP contribution in [0, 0.1) is 0 Å². The number of carbonyl (C=O) groups is 1. The molecule has 0 aliphatic carbocycles. The van der Waals surface area contributed by atoms with Gasteiger partial charge >= 0.3 is 5.91 Å². The SMILES string of the molecule is Nc1ccoc1C(=O)NO. The van der Waals surface area contributed by atoms with Crippen molar-refractivity contribution in [2.75, 3.05) is 5.73 Å². The Morgan fingerprint density at radius 3 is 2.90 bits per heavy atom. The number of furan rings is 1. The second kappa shape index (κ2) is 2.40. The molecule has 0 atom stereocenters. The predicted octanol–water partition coefficient (Wildman–Crippen LogP) is -0.0192. The molecule has 0 fully saturated rings. The van der Waals surface area contributed by atoms with E-state index in [1.807, 2.05) is 0 Å². The summed E-state index contributed by atoms with van der Waals surface area (Å²) in [5.41, 5.74) is 6.85. The number of hydroxylamine groups is 1. The summed E-state index contributed by atoms with van der Waals surface area (Å²) in [4.78, 5) is 10.6. The van der Waals surface area contributed by atoms with Crippen LogP contribution in [0.15, 0.2) is 16.7 Å². The monoisotopic (exact) mass is 142 g/mol. The Labute approximate surface area is 56.4 Å². The first kappa shape index (κ1) is 6.63. The second-order valence-corrected chi connectivity index (χ2v) is 1.65. The van der Waals surface area contributed by atoms with Crippen molar-refractivity contribution in [3.8, 4) is 0 Å². The van der Waals surface area contributed by atoms with Gasteiger partial charge in [0.2, 0.25) is 5.76 Å². The highest BCUT2D eigenvalue weighted by Gasteiger charge is 2.10. The molecule has 0 aromatic carbocycles. The summed E-state index contributed by atoms with van der Waals surface area (Å²) < 4.78 is 4.62. The summed E-state index contributed by atoms with van der Waals surface area (Å²) in [5, 5.41) is 8.12. The highest BCUT2D eigenvalue weighted by molar-refractivity contribution is 5.95. The minimum atomic E-state index is -0.748. The minimum Gasteiger partial charge on any atom is -0.457 e. The Morgan fingerprint density at radius 2 is 2.50 bits per heavy atom. The van der Waals surface area contributed by atoms with E-state index in [1.54, 1.807) is 0 Å². The molecule has 0 aliphatic rings. The third kappa shape index (κ3) is 0.939. The second-order valence-electron chi connectivity index (χ2n) is 1.65. The number of rotatable bonds is 1. The number of hydrogen-bond acceptors (Lipinski definition) is 4. The number of nitrogens with one attached hydrogen (secondary N) is 1. The summed E-state index contributed by atoms with van der Waals surface area (Å²) >= 11 is 0. The van der Waals surface area contributed by atoms with Gasteiger partial charge in [-0.1, -0.05) is 0 Å². The van der Waals surface area contributed by atoms with Crippen LogP contribution in [0.25, 0.3) is 0 Å². The van der Waals surface area contributed by atoms with Crippen molar-refractivity contribution >= 4 is 11.6 Å². The maximum absolute atomic E-state index is 10.6. The molecular formula is C5H6N2O3. The minimum absolute atomic E-state index is 0.0810. The average Bonchev–Trinajstić information content (AvgIpc) is 2.34. The molecule has 0 unspecified atom stereocenters. The van der Waals surface area contributed by atoms with Crippen LogP contribution < -0.4 is 11.2 Å². The van der Waals surface area contributed by atoms with Crippen molar-refractivity contribution in [3.63, 3.8) is 0 Å². The molecule has 0 saturated carbocycles. The Balaban J connectivity index is 2.93.